The predicted octanol–water partition coefficient (Wildman–Crippen LogP) is 3.97. The fourth-order valence-corrected chi connectivity index (χ4v) is 2.22. The lowest BCUT2D eigenvalue weighted by Gasteiger charge is -2.22. The van der Waals surface area contributed by atoms with E-state index in [4.69, 9.17) is 10.00 Å². The van der Waals surface area contributed by atoms with E-state index >= 15 is 0 Å². The van der Waals surface area contributed by atoms with Gasteiger partial charge in [-0.1, -0.05) is 25.3 Å². The molecular weight excluding hydrogens is 238 g/mol. The molecule has 3 atom stereocenters. The minimum absolute atomic E-state index is 0.0866. The van der Waals surface area contributed by atoms with Gasteiger partial charge in [0.2, 0.25) is 0 Å². The van der Waals surface area contributed by atoms with Crippen LogP contribution in [0.1, 0.15) is 65.2 Å². The highest BCUT2D eigenvalue weighted by Gasteiger charge is 2.13. The van der Waals surface area contributed by atoms with Crippen molar-refractivity contribution in [3.8, 4) is 6.07 Å². The van der Waals surface area contributed by atoms with Crippen molar-refractivity contribution in [1.82, 2.24) is 0 Å². The Morgan fingerprint density at radius 2 is 1.95 bits per heavy atom. The molecule has 0 radical (unpaired) electrons. The summed E-state index contributed by atoms with van der Waals surface area (Å²) in [6.45, 7) is 7.57. The summed E-state index contributed by atoms with van der Waals surface area (Å²) in [7, 11) is 0. The van der Waals surface area contributed by atoms with Crippen LogP contribution in [-0.2, 0) is 4.74 Å². The van der Waals surface area contributed by atoms with Crippen molar-refractivity contribution in [2.24, 2.45) is 0 Å². The van der Waals surface area contributed by atoms with E-state index < -0.39 is 0 Å². The highest BCUT2D eigenvalue weighted by molar-refractivity contribution is 4.75. The summed E-state index contributed by atoms with van der Waals surface area (Å²) in [5, 5.41) is 17.8. The number of aliphatic hydroxyl groups is 1. The van der Waals surface area contributed by atoms with Gasteiger partial charge in [0.15, 0.2) is 0 Å². The first-order chi connectivity index (χ1) is 9.10. The first kappa shape index (κ1) is 18.1. The maximum atomic E-state index is 9.34. The third-order valence-corrected chi connectivity index (χ3v) is 3.09. The SMILES string of the molecule is C=CC[C@@H](CCCCCCC#N)O[C@H](C)C[C@@H](C)O. The maximum absolute atomic E-state index is 9.34. The molecule has 110 valence electrons. The van der Waals surface area contributed by atoms with Crippen molar-refractivity contribution in [2.45, 2.75) is 83.5 Å². The van der Waals surface area contributed by atoms with Crippen LogP contribution < -0.4 is 0 Å². The van der Waals surface area contributed by atoms with E-state index in [2.05, 4.69) is 12.6 Å². The number of hydrogen-bond donors (Lipinski definition) is 1. The standard InChI is InChI=1S/C16H29NO2/c1-4-10-16(19-15(3)13-14(2)18)11-8-6-5-7-9-12-17/h4,14-16,18H,1,5-11,13H2,2-3H3/t14-,15-,16+/m1/s1. The first-order valence-electron chi connectivity index (χ1n) is 7.41. The molecule has 0 aromatic carbocycles. The highest BCUT2D eigenvalue weighted by Crippen LogP contribution is 2.16. The van der Waals surface area contributed by atoms with Gasteiger partial charge in [-0.25, -0.2) is 0 Å². The van der Waals surface area contributed by atoms with Crippen LogP contribution in [0, 0.1) is 11.3 Å². The van der Waals surface area contributed by atoms with E-state index in [0.717, 1.165) is 38.5 Å². The quantitative estimate of drug-likeness (QED) is 0.430. The molecule has 0 aromatic heterocycles. The van der Waals surface area contributed by atoms with Crippen LogP contribution in [0.5, 0.6) is 0 Å². The highest BCUT2D eigenvalue weighted by atomic mass is 16.5. The van der Waals surface area contributed by atoms with Crippen LogP contribution in [0.25, 0.3) is 0 Å². The second-order valence-corrected chi connectivity index (χ2v) is 5.29. The Morgan fingerprint density at radius 1 is 1.26 bits per heavy atom. The fourth-order valence-electron chi connectivity index (χ4n) is 2.22. The molecule has 0 aliphatic heterocycles. The van der Waals surface area contributed by atoms with Crippen LogP contribution >= 0.6 is 0 Å². The molecule has 19 heavy (non-hydrogen) atoms. The summed E-state index contributed by atoms with van der Waals surface area (Å²) in [5.41, 5.74) is 0. The second kappa shape index (κ2) is 12.2. The Morgan fingerprint density at radius 3 is 2.53 bits per heavy atom. The third-order valence-electron chi connectivity index (χ3n) is 3.09. The smallest absolute Gasteiger partial charge is 0.0621 e. The monoisotopic (exact) mass is 267 g/mol. The summed E-state index contributed by atoms with van der Waals surface area (Å²) >= 11 is 0. The maximum Gasteiger partial charge on any atom is 0.0621 e. The Balaban J connectivity index is 3.79. The van der Waals surface area contributed by atoms with Gasteiger partial charge in [-0.2, -0.15) is 5.26 Å². The molecule has 3 heteroatoms. The molecule has 0 spiro atoms. The van der Waals surface area contributed by atoms with Gasteiger partial charge in [0.25, 0.3) is 0 Å². The lowest BCUT2D eigenvalue weighted by Crippen LogP contribution is -2.22. The van der Waals surface area contributed by atoms with Gasteiger partial charge >= 0.3 is 0 Å². The molecule has 1 N–H and O–H groups in total. The summed E-state index contributed by atoms with van der Waals surface area (Å²) in [5.74, 6) is 0. The minimum atomic E-state index is -0.314. The van der Waals surface area contributed by atoms with Gasteiger partial charge in [0.05, 0.1) is 24.4 Å². The normalized spacial score (nSPS) is 15.5. The average Bonchev–Trinajstić information content (AvgIpc) is 2.32. The summed E-state index contributed by atoms with van der Waals surface area (Å²) in [6, 6.07) is 2.17. The molecule has 0 amide bonds. The fraction of sp³-hybridized carbons (Fsp3) is 0.812. The number of nitriles is 1. The van der Waals surface area contributed by atoms with Crippen LogP contribution in [0.3, 0.4) is 0 Å². The van der Waals surface area contributed by atoms with E-state index in [-0.39, 0.29) is 18.3 Å². The van der Waals surface area contributed by atoms with Crippen LogP contribution in [-0.4, -0.2) is 23.4 Å². The molecule has 0 fully saturated rings. The molecule has 3 nitrogen and oxygen atoms in total. The van der Waals surface area contributed by atoms with Crippen molar-refractivity contribution in [3.63, 3.8) is 0 Å². The summed E-state index contributed by atoms with van der Waals surface area (Å²) in [6.07, 6.45) is 9.53. The Bertz CT molecular complexity index is 258. The van der Waals surface area contributed by atoms with E-state index in [9.17, 15) is 5.11 Å². The molecule has 0 aromatic rings. The van der Waals surface area contributed by atoms with Gasteiger partial charge < -0.3 is 9.84 Å². The molecule has 0 saturated carbocycles. The number of unbranched alkanes of at least 4 members (excludes halogenated alkanes) is 4. The van der Waals surface area contributed by atoms with Gasteiger partial charge in [-0.05, 0) is 39.5 Å². The first-order valence-corrected chi connectivity index (χ1v) is 7.41. The topological polar surface area (TPSA) is 53.2 Å². The van der Waals surface area contributed by atoms with Crippen molar-refractivity contribution in [1.29, 1.82) is 5.26 Å². The Hall–Kier alpha value is -0.850. The van der Waals surface area contributed by atoms with Crippen molar-refractivity contribution < 1.29 is 9.84 Å². The molecule has 0 bridgehead atoms. The summed E-state index contributed by atoms with van der Waals surface area (Å²) < 4.78 is 5.95. The van der Waals surface area contributed by atoms with Crippen LogP contribution in [0.15, 0.2) is 12.7 Å². The van der Waals surface area contributed by atoms with Gasteiger partial charge in [-0.3, -0.25) is 0 Å². The predicted molar refractivity (Wildman–Crippen MR) is 78.8 cm³/mol. The zero-order chi connectivity index (χ0) is 14.5. The van der Waals surface area contributed by atoms with Crippen molar-refractivity contribution in [3.05, 3.63) is 12.7 Å². The molecule has 0 saturated heterocycles. The van der Waals surface area contributed by atoms with Gasteiger partial charge in [0.1, 0.15) is 0 Å². The molecule has 0 rings (SSSR count). The van der Waals surface area contributed by atoms with Crippen LogP contribution in [0.4, 0.5) is 0 Å². The average molecular weight is 267 g/mol. The Kier molecular flexibility index (Phi) is 11.7. The van der Waals surface area contributed by atoms with Gasteiger partial charge in [0, 0.05) is 6.42 Å². The van der Waals surface area contributed by atoms with E-state index in [0.29, 0.717) is 12.8 Å². The zero-order valence-electron chi connectivity index (χ0n) is 12.5. The Labute approximate surface area is 118 Å². The number of rotatable bonds is 12. The van der Waals surface area contributed by atoms with Crippen molar-refractivity contribution >= 4 is 0 Å². The molecular formula is C16H29NO2. The lowest BCUT2D eigenvalue weighted by molar-refractivity contribution is -0.0267. The number of aliphatic hydroxyl groups excluding tert-OH is 1. The largest absolute Gasteiger partial charge is 0.393 e. The summed E-state index contributed by atoms with van der Waals surface area (Å²) in [4.78, 5) is 0. The van der Waals surface area contributed by atoms with E-state index in [1.54, 1.807) is 6.92 Å². The zero-order valence-corrected chi connectivity index (χ0v) is 12.5. The molecule has 0 aliphatic rings. The molecule has 0 heterocycles. The number of ether oxygens (including phenoxy) is 1. The lowest BCUT2D eigenvalue weighted by atomic mass is 10.1. The number of hydrogen-bond acceptors (Lipinski definition) is 3. The van der Waals surface area contributed by atoms with E-state index in [1.165, 1.54) is 0 Å². The van der Waals surface area contributed by atoms with Gasteiger partial charge in [-0.15, -0.1) is 6.58 Å². The number of nitrogens with zero attached hydrogens (tertiary/aromatic N) is 1. The van der Waals surface area contributed by atoms with Crippen LogP contribution in [0.2, 0.25) is 0 Å². The van der Waals surface area contributed by atoms with E-state index in [1.807, 2.05) is 13.0 Å². The third kappa shape index (κ3) is 11.9. The minimum Gasteiger partial charge on any atom is -0.393 e. The molecule has 0 aliphatic carbocycles. The van der Waals surface area contributed by atoms with Crippen molar-refractivity contribution in [2.75, 3.05) is 0 Å². The molecule has 0 unspecified atom stereocenters. The second-order valence-electron chi connectivity index (χ2n) is 5.29.